The quantitative estimate of drug-likeness (QED) is 0.275. The van der Waals surface area contributed by atoms with Crippen molar-refractivity contribution in [2.45, 2.75) is 33.2 Å². The van der Waals surface area contributed by atoms with E-state index in [-0.39, 0.29) is 29.9 Å². The van der Waals surface area contributed by atoms with E-state index in [1.54, 1.807) is 6.07 Å². The zero-order chi connectivity index (χ0) is 22.1. The lowest BCUT2D eigenvalue weighted by Gasteiger charge is -2.37. The van der Waals surface area contributed by atoms with Gasteiger partial charge in [0.25, 0.3) is 0 Å². The Morgan fingerprint density at radius 2 is 1.81 bits per heavy atom. The van der Waals surface area contributed by atoms with E-state index in [9.17, 15) is 9.90 Å². The van der Waals surface area contributed by atoms with Crippen molar-refractivity contribution in [3.63, 3.8) is 0 Å². The summed E-state index contributed by atoms with van der Waals surface area (Å²) in [6.07, 6.45) is 1.36. The molecule has 0 unspecified atom stereocenters. The third-order valence-electron chi connectivity index (χ3n) is 5.24. The van der Waals surface area contributed by atoms with Crippen LogP contribution < -0.4 is 15.5 Å². The van der Waals surface area contributed by atoms with Crippen LogP contribution in [-0.2, 0) is 11.3 Å². The summed E-state index contributed by atoms with van der Waals surface area (Å²) in [6.45, 7) is 8.70. The fourth-order valence-corrected chi connectivity index (χ4v) is 3.68. The number of halogens is 1. The summed E-state index contributed by atoms with van der Waals surface area (Å²) in [6, 6.07) is 15.3. The van der Waals surface area contributed by atoms with Crippen molar-refractivity contribution in [3.8, 4) is 5.75 Å². The number of piperazine rings is 1. The molecule has 0 atom stereocenters. The molecule has 1 fully saturated rings. The highest BCUT2D eigenvalue weighted by atomic mass is 127. The summed E-state index contributed by atoms with van der Waals surface area (Å²) >= 11 is 0. The highest BCUT2D eigenvalue weighted by Crippen LogP contribution is 2.27. The van der Waals surface area contributed by atoms with E-state index >= 15 is 0 Å². The lowest BCUT2D eigenvalue weighted by Crippen LogP contribution is -2.52. The highest BCUT2D eigenvalue weighted by Gasteiger charge is 2.21. The predicted octanol–water partition coefficient (Wildman–Crippen LogP) is 4.04. The predicted molar refractivity (Wildman–Crippen MR) is 142 cm³/mol. The number of phenolic OH excluding ortho intramolecular Hbond substituents is 1. The van der Waals surface area contributed by atoms with Gasteiger partial charge in [-0.15, -0.1) is 24.0 Å². The van der Waals surface area contributed by atoms with E-state index in [1.807, 2.05) is 49.4 Å². The Balaban J connectivity index is 0.00000363. The van der Waals surface area contributed by atoms with Crippen molar-refractivity contribution in [1.29, 1.82) is 0 Å². The molecule has 0 spiro atoms. The number of hydrogen-bond acceptors (Lipinski definition) is 4. The largest absolute Gasteiger partial charge is 0.506 e. The van der Waals surface area contributed by atoms with Crippen LogP contribution in [-0.4, -0.2) is 54.6 Å². The molecule has 8 heteroatoms. The molecule has 1 amide bonds. The molecule has 7 nitrogen and oxygen atoms in total. The Kier molecular flexibility index (Phi) is 10.6. The maximum atomic E-state index is 11.9. The molecule has 0 aliphatic carbocycles. The molecule has 174 valence electrons. The van der Waals surface area contributed by atoms with Gasteiger partial charge < -0.3 is 25.5 Å². The van der Waals surface area contributed by atoms with Crippen LogP contribution in [0.2, 0.25) is 0 Å². The summed E-state index contributed by atoms with van der Waals surface area (Å²) < 4.78 is 0. The van der Waals surface area contributed by atoms with Crippen molar-refractivity contribution < 1.29 is 9.90 Å². The summed E-state index contributed by atoms with van der Waals surface area (Å²) in [5, 5.41) is 16.5. The average Bonchev–Trinajstić information content (AvgIpc) is 2.77. The third kappa shape index (κ3) is 7.29. The Labute approximate surface area is 207 Å². The molecule has 0 aromatic heterocycles. The monoisotopic (exact) mass is 551 g/mol. The maximum absolute atomic E-state index is 11.9. The Bertz CT molecular complexity index is 897. The van der Waals surface area contributed by atoms with Crippen LogP contribution in [0.5, 0.6) is 5.75 Å². The van der Waals surface area contributed by atoms with Crippen LogP contribution in [0, 0.1) is 0 Å². The van der Waals surface area contributed by atoms with Gasteiger partial charge in [0.05, 0.1) is 12.2 Å². The zero-order valence-electron chi connectivity index (χ0n) is 18.9. The first-order valence-corrected chi connectivity index (χ1v) is 11.1. The number of phenols is 1. The van der Waals surface area contributed by atoms with Gasteiger partial charge in [0.2, 0.25) is 5.91 Å². The summed E-state index contributed by atoms with van der Waals surface area (Å²) in [5.41, 5.74) is 2.75. The van der Waals surface area contributed by atoms with Gasteiger partial charge in [-0.05, 0) is 43.2 Å². The van der Waals surface area contributed by atoms with Crippen molar-refractivity contribution >= 4 is 47.2 Å². The van der Waals surface area contributed by atoms with Crippen LogP contribution >= 0.6 is 24.0 Å². The molecule has 0 radical (unpaired) electrons. The molecular formula is C24H34IN5O2. The molecule has 1 saturated heterocycles. The van der Waals surface area contributed by atoms with Gasteiger partial charge in [-0.3, -0.25) is 4.79 Å². The molecule has 2 aromatic rings. The Morgan fingerprint density at radius 3 is 2.50 bits per heavy atom. The lowest BCUT2D eigenvalue weighted by atomic mass is 10.2. The fraction of sp³-hybridized carbons (Fsp3) is 0.417. The van der Waals surface area contributed by atoms with Gasteiger partial charge in [0.1, 0.15) is 5.75 Å². The van der Waals surface area contributed by atoms with E-state index < -0.39 is 0 Å². The standard InChI is InChI=1S/C24H33N5O2.HI/c1-3-8-23(31)27-20-10-7-9-19(17-20)18-26-24(25-4-2)29-15-13-28(14-16-29)21-11-5-6-12-22(21)30;/h5-7,9-12,17,30H,3-4,8,13-16,18H2,1-2H3,(H,25,26)(H,27,31);1H. The van der Waals surface area contributed by atoms with Crippen molar-refractivity contribution in [3.05, 3.63) is 54.1 Å². The summed E-state index contributed by atoms with van der Waals surface area (Å²) in [7, 11) is 0. The van der Waals surface area contributed by atoms with E-state index in [4.69, 9.17) is 4.99 Å². The smallest absolute Gasteiger partial charge is 0.224 e. The number of nitrogens with zero attached hydrogens (tertiary/aromatic N) is 3. The maximum Gasteiger partial charge on any atom is 0.224 e. The van der Waals surface area contributed by atoms with Gasteiger partial charge in [0.15, 0.2) is 5.96 Å². The van der Waals surface area contributed by atoms with Gasteiger partial charge in [-0.1, -0.05) is 31.2 Å². The number of aliphatic imine (C=N–C) groups is 1. The van der Waals surface area contributed by atoms with Crippen LogP contribution in [0.15, 0.2) is 53.5 Å². The number of carbonyl (C=O) groups excluding carboxylic acids is 1. The topological polar surface area (TPSA) is 80.2 Å². The molecule has 1 heterocycles. The number of carbonyl (C=O) groups is 1. The Hall–Kier alpha value is -2.49. The molecule has 1 aliphatic heterocycles. The fourth-order valence-electron chi connectivity index (χ4n) is 3.68. The van der Waals surface area contributed by atoms with Crippen LogP contribution in [0.4, 0.5) is 11.4 Å². The SMILES string of the molecule is CCCC(=O)Nc1cccc(CN=C(NCC)N2CCN(c3ccccc3O)CC2)c1.I. The van der Waals surface area contributed by atoms with Crippen molar-refractivity contribution in [2.75, 3.05) is 42.9 Å². The average molecular weight is 551 g/mol. The molecule has 2 aromatic carbocycles. The second-order valence-electron chi connectivity index (χ2n) is 7.63. The number of hydrogen-bond donors (Lipinski definition) is 3. The second kappa shape index (κ2) is 13.1. The minimum Gasteiger partial charge on any atom is -0.506 e. The number of benzene rings is 2. The third-order valence-corrected chi connectivity index (χ3v) is 5.24. The number of nitrogens with one attached hydrogen (secondary N) is 2. The van der Waals surface area contributed by atoms with E-state index in [0.29, 0.717) is 18.7 Å². The Morgan fingerprint density at radius 1 is 1.06 bits per heavy atom. The van der Waals surface area contributed by atoms with Gasteiger partial charge >= 0.3 is 0 Å². The van der Waals surface area contributed by atoms with Crippen LogP contribution in [0.25, 0.3) is 0 Å². The molecule has 3 rings (SSSR count). The number of guanidine groups is 1. The highest BCUT2D eigenvalue weighted by molar-refractivity contribution is 14.0. The molecular weight excluding hydrogens is 517 g/mol. The van der Waals surface area contributed by atoms with Crippen molar-refractivity contribution in [2.24, 2.45) is 4.99 Å². The molecule has 32 heavy (non-hydrogen) atoms. The number of rotatable bonds is 7. The number of aromatic hydroxyl groups is 1. The zero-order valence-corrected chi connectivity index (χ0v) is 21.2. The van der Waals surface area contributed by atoms with Gasteiger partial charge in [-0.25, -0.2) is 4.99 Å². The van der Waals surface area contributed by atoms with Gasteiger partial charge in [-0.2, -0.15) is 0 Å². The first-order valence-electron chi connectivity index (χ1n) is 11.1. The van der Waals surface area contributed by atoms with Crippen molar-refractivity contribution in [1.82, 2.24) is 10.2 Å². The number of para-hydroxylation sites is 2. The summed E-state index contributed by atoms with van der Waals surface area (Å²) in [5.74, 6) is 1.25. The lowest BCUT2D eigenvalue weighted by molar-refractivity contribution is -0.116. The second-order valence-corrected chi connectivity index (χ2v) is 7.63. The number of amides is 1. The first-order chi connectivity index (χ1) is 15.1. The summed E-state index contributed by atoms with van der Waals surface area (Å²) in [4.78, 5) is 21.1. The van der Waals surface area contributed by atoms with Crippen LogP contribution in [0.1, 0.15) is 32.3 Å². The van der Waals surface area contributed by atoms with E-state index in [0.717, 1.165) is 62.0 Å². The molecule has 1 aliphatic rings. The normalized spacial score (nSPS) is 14.0. The molecule has 3 N–H and O–H groups in total. The molecule has 0 saturated carbocycles. The minimum absolute atomic E-state index is 0. The van der Waals surface area contributed by atoms with E-state index in [1.165, 1.54) is 0 Å². The minimum atomic E-state index is 0. The van der Waals surface area contributed by atoms with Crippen LogP contribution in [0.3, 0.4) is 0 Å². The number of anilines is 2. The first kappa shape index (κ1) is 25.8. The molecule has 0 bridgehead atoms. The van der Waals surface area contributed by atoms with Gasteiger partial charge in [0, 0.05) is 44.8 Å². The van der Waals surface area contributed by atoms with E-state index in [2.05, 4.69) is 27.4 Å².